The van der Waals surface area contributed by atoms with Gasteiger partial charge in [-0.2, -0.15) is 0 Å². The van der Waals surface area contributed by atoms with Gasteiger partial charge in [0.2, 0.25) is 0 Å². The first-order chi connectivity index (χ1) is 36.5. The summed E-state index contributed by atoms with van der Waals surface area (Å²) in [4.78, 5) is 0. The highest BCUT2D eigenvalue weighted by atomic mass is 16.5. The Kier molecular flexibility index (Phi) is 13.2. The first kappa shape index (κ1) is 50.2. The molecule has 1 aliphatic carbocycles. The molecule has 378 valence electrons. The van der Waals surface area contributed by atoms with E-state index in [0.29, 0.717) is 0 Å². The van der Waals surface area contributed by atoms with Gasteiger partial charge in [-0.25, -0.2) is 0 Å². The van der Waals surface area contributed by atoms with Crippen LogP contribution in [0.15, 0.2) is 206 Å². The molecule has 0 fully saturated rings. The third-order valence-electron chi connectivity index (χ3n) is 15.7. The minimum atomic E-state index is -0.557. The Hall–Kier alpha value is -7.94. The van der Waals surface area contributed by atoms with E-state index >= 15 is 0 Å². The van der Waals surface area contributed by atoms with Crippen molar-refractivity contribution in [3.63, 3.8) is 0 Å². The maximum Gasteiger partial charge on any atom is 0.136 e. The molecule has 0 saturated heterocycles. The summed E-state index contributed by atoms with van der Waals surface area (Å²) < 4.78 is 14.3. The van der Waals surface area contributed by atoms with Gasteiger partial charge in [0.25, 0.3) is 0 Å². The molecule has 0 bridgehead atoms. The lowest BCUT2D eigenvalue weighted by Crippen LogP contribution is -2.29. The molecular weight excluding hydrogens is 921 g/mol. The molecule has 0 aromatic heterocycles. The highest BCUT2D eigenvalue weighted by Crippen LogP contribution is 2.57. The van der Waals surface area contributed by atoms with Crippen molar-refractivity contribution in [3.8, 4) is 67.5 Å². The van der Waals surface area contributed by atoms with Gasteiger partial charge in [-0.3, -0.25) is 0 Å². The zero-order valence-corrected chi connectivity index (χ0v) is 46.1. The van der Waals surface area contributed by atoms with E-state index in [1.54, 1.807) is 0 Å². The third kappa shape index (κ3) is 9.67. The number of ether oxygens (including phenoxy) is 2. The van der Waals surface area contributed by atoms with Gasteiger partial charge in [0, 0.05) is 10.8 Å². The van der Waals surface area contributed by atoms with Gasteiger partial charge in [-0.15, -0.1) is 0 Å². The smallest absolute Gasteiger partial charge is 0.136 e. The molecule has 0 amide bonds. The molecular formula is C74H70O2. The van der Waals surface area contributed by atoms with E-state index in [1.807, 2.05) is 0 Å². The molecule has 0 N–H and O–H groups in total. The Bertz CT molecular complexity index is 3700. The Balaban J connectivity index is 1.08. The van der Waals surface area contributed by atoms with Crippen molar-refractivity contribution in [2.45, 2.75) is 105 Å². The van der Waals surface area contributed by atoms with Gasteiger partial charge >= 0.3 is 0 Å². The summed E-state index contributed by atoms with van der Waals surface area (Å²) in [6.45, 7) is 22.4. The highest BCUT2D eigenvalue weighted by Gasteiger charge is 2.46. The normalized spacial score (nSPS) is 12.9. The van der Waals surface area contributed by atoms with Crippen LogP contribution in [0, 0.1) is 20.8 Å². The second-order valence-corrected chi connectivity index (χ2v) is 23.5. The standard InChI is InChI=1S/C74H70O2/c1-11-12-17-51-43-66-67(70(44-51)75-62-34-25-54(26-35-62)52-21-30-58(31-22-52)72(5,6)7)45-57(47-71(66)76-63-36-27-55(28-37-63)53-23-32-59(33-24-53)73(8,9)10)56-29-39-65-64-38-20-50(4)42-68(64)74(69(65)46-56,60-18-13-15-48(2)40-60)61-19-14-16-49(3)41-61/h13-16,18-47H,11-12,17H2,1-10H3. The van der Waals surface area contributed by atoms with Crippen LogP contribution in [0.5, 0.6) is 23.0 Å². The minimum Gasteiger partial charge on any atom is -0.457 e. The lowest BCUT2D eigenvalue weighted by atomic mass is 9.67. The van der Waals surface area contributed by atoms with Gasteiger partial charge < -0.3 is 9.47 Å². The van der Waals surface area contributed by atoms with Crippen molar-refractivity contribution < 1.29 is 9.47 Å². The lowest BCUT2D eigenvalue weighted by Gasteiger charge is -2.34. The largest absolute Gasteiger partial charge is 0.457 e. The van der Waals surface area contributed by atoms with E-state index in [4.69, 9.17) is 9.47 Å². The maximum absolute atomic E-state index is 7.17. The number of fused-ring (bicyclic) bond motifs is 4. The van der Waals surface area contributed by atoms with Crippen molar-refractivity contribution in [1.29, 1.82) is 0 Å². The van der Waals surface area contributed by atoms with Crippen molar-refractivity contribution in [2.75, 3.05) is 0 Å². The average Bonchev–Trinajstić information content (AvgIpc) is 3.91. The summed E-state index contributed by atoms with van der Waals surface area (Å²) in [6, 6.07) is 76.6. The summed E-state index contributed by atoms with van der Waals surface area (Å²) in [6.07, 6.45) is 3.09. The van der Waals surface area contributed by atoms with Gasteiger partial charge in [-0.1, -0.05) is 223 Å². The summed E-state index contributed by atoms with van der Waals surface area (Å²) in [5, 5.41) is 2.01. The van der Waals surface area contributed by atoms with Crippen LogP contribution in [-0.4, -0.2) is 0 Å². The zero-order valence-electron chi connectivity index (χ0n) is 46.1. The fourth-order valence-electron chi connectivity index (χ4n) is 11.5. The van der Waals surface area contributed by atoms with E-state index in [1.165, 1.54) is 77.9 Å². The molecule has 2 heteroatoms. The van der Waals surface area contributed by atoms with Crippen molar-refractivity contribution in [1.82, 2.24) is 0 Å². The Labute approximate surface area is 452 Å². The van der Waals surface area contributed by atoms with Crippen LogP contribution in [-0.2, 0) is 22.7 Å². The monoisotopic (exact) mass is 991 g/mol. The Morgan fingerprint density at radius 1 is 0.382 bits per heavy atom. The predicted molar refractivity (Wildman–Crippen MR) is 321 cm³/mol. The number of benzene rings is 10. The second kappa shape index (κ2) is 20.0. The molecule has 0 atom stereocenters. The molecule has 10 aromatic carbocycles. The van der Waals surface area contributed by atoms with Crippen molar-refractivity contribution in [2.24, 2.45) is 0 Å². The molecule has 0 spiro atoms. The molecule has 11 rings (SSSR count). The number of aryl methyl sites for hydroxylation is 4. The Morgan fingerprint density at radius 3 is 1.30 bits per heavy atom. The summed E-state index contributed by atoms with van der Waals surface area (Å²) in [5.41, 5.74) is 21.7. The van der Waals surface area contributed by atoms with Gasteiger partial charge in [0.05, 0.1) is 5.41 Å². The minimum absolute atomic E-state index is 0.0912. The number of rotatable bonds is 12. The lowest BCUT2D eigenvalue weighted by molar-refractivity contribution is 0.482. The molecule has 2 nitrogen and oxygen atoms in total. The first-order valence-corrected chi connectivity index (χ1v) is 27.3. The molecule has 0 aliphatic heterocycles. The van der Waals surface area contributed by atoms with Crippen LogP contribution < -0.4 is 9.47 Å². The van der Waals surface area contributed by atoms with Crippen molar-refractivity contribution in [3.05, 3.63) is 262 Å². The highest BCUT2D eigenvalue weighted by molar-refractivity contribution is 5.98. The Morgan fingerprint density at radius 2 is 0.816 bits per heavy atom. The molecule has 1 aliphatic rings. The van der Waals surface area contributed by atoms with Crippen LogP contribution in [0.3, 0.4) is 0 Å². The third-order valence-corrected chi connectivity index (χ3v) is 15.7. The maximum atomic E-state index is 7.17. The molecule has 0 saturated carbocycles. The van der Waals surface area contributed by atoms with E-state index in [9.17, 15) is 0 Å². The van der Waals surface area contributed by atoms with Crippen molar-refractivity contribution >= 4 is 10.8 Å². The molecule has 0 heterocycles. The van der Waals surface area contributed by atoms with E-state index in [-0.39, 0.29) is 10.8 Å². The quantitative estimate of drug-likeness (QED) is 0.121. The number of hydrogen-bond acceptors (Lipinski definition) is 2. The van der Waals surface area contributed by atoms with Gasteiger partial charge in [0.15, 0.2) is 0 Å². The summed E-state index contributed by atoms with van der Waals surface area (Å²) in [5.74, 6) is 3.16. The summed E-state index contributed by atoms with van der Waals surface area (Å²) >= 11 is 0. The number of hydrogen-bond donors (Lipinski definition) is 0. The van der Waals surface area contributed by atoms with E-state index in [2.05, 4.69) is 275 Å². The van der Waals surface area contributed by atoms with E-state index in [0.717, 1.165) is 75.3 Å². The van der Waals surface area contributed by atoms with Gasteiger partial charge in [0.1, 0.15) is 23.0 Å². The topological polar surface area (TPSA) is 18.5 Å². The molecule has 0 unspecified atom stereocenters. The van der Waals surface area contributed by atoms with Crippen LogP contribution in [0.4, 0.5) is 0 Å². The first-order valence-electron chi connectivity index (χ1n) is 27.3. The average molecular weight is 991 g/mol. The fraction of sp³-hybridized carbons (Fsp3) is 0.216. The zero-order chi connectivity index (χ0) is 52.9. The van der Waals surface area contributed by atoms with Crippen LogP contribution in [0.25, 0.3) is 55.3 Å². The van der Waals surface area contributed by atoms with Crippen LogP contribution >= 0.6 is 0 Å². The molecule has 10 aromatic rings. The van der Waals surface area contributed by atoms with Gasteiger partial charge in [-0.05, 0) is 182 Å². The summed E-state index contributed by atoms with van der Waals surface area (Å²) in [7, 11) is 0. The van der Waals surface area contributed by atoms with E-state index < -0.39 is 5.41 Å². The number of unbranched alkanes of at least 4 members (excludes halogenated alkanes) is 1. The molecule has 76 heavy (non-hydrogen) atoms. The predicted octanol–water partition coefficient (Wildman–Crippen LogP) is 20.7. The SMILES string of the molecule is CCCCc1cc(Oc2ccc(-c3ccc(C(C)(C)C)cc3)cc2)c2cc(-c3ccc4c(c3)C(c3cccc(C)c3)(c3cccc(C)c3)c3cc(C)ccc3-4)cc(Oc3ccc(-c4ccc(C(C)(C)C)cc4)cc3)c2c1. The second-order valence-electron chi connectivity index (χ2n) is 23.5. The molecule has 0 radical (unpaired) electrons. The van der Waals surface area contributed by atoms with Crippen LogP contribution in [0.1, 0.15) is 117 Å². The van der Waals surface area contributed by atoms with Crippen LogP contribution in [0.2, 0.25) is 0 Å². The fourth-order valence-corrected chi connectivity index (χ4v) is 11.5.